The van der Waals surface area contributed by atoms with Gasteiger partial charge in [0, 0.05) is 25.2 Å². The monoisotopic (exact) mass is 516 g/mol. The lowest BCUT2D eigenvalue weighted by Gasteiger charge is -2.22. The average Bonchev–Trinajstić information content (AvgIpc) is 2.65. The standard InChI is InChI=1S/C15H26NO.C2F6NO4S2/c17-15-11-6-4-2-1-3-5-8-12-16-13-9-7-10-14-16;3-1(4,5)14(10,11)9-15(12,13)2(6,7)8/h7,9-10,13-14,17H,1-6,8,11-12,15H2;/q+1;-1. The van der Waals surface area contributed by atoms with Crippen LogP contribution in [-0.4, -0.2) is 39.6 Å². The number of hydrogen-bond donors (Lipinski definition) is 1. The molecule has 1 heterocycles. The summed E-state index contributed by atoms with van der Waals surface area (Å²) in [5.74, 6) is 0. The summed E-state index contributed by atoms with van der Waals surface area (Å²) in [6.07, 6.45) is 14.4. The summed E-state index contributed by atoms with van der Waals surface area (Å²) < 4.78 is 111. The van der Waals surface area contributed by atoms with Crippen molar-refractivity contribution in [1.29, 1.82) is 0 Å². The Hall–Kier alpha value is -1.45. The van der Waals surface area contributed by atoms with Crippen molar-refractivity contribution in [1.82, 2.24) is 0 Å². The molecule has 0 fully saturated rings. The average molecular weight is 517 g/mol. The molecule has 0 aliphatic heterocycles. The summed E-state index contributed by atoms with van der Waals surface area (Å²) in [5, 5.41) is 8.64. The number of unbranched alkanes of at least 4 members (excludes halogenated alkanes) is 7. The van der Waals surface area contributed by atoms with Crippen LogP contribution in [0.1, 0.15) is 51.4 Å². The number of pyridine rings is 1. The molecule has 1 aromatic heterocycles. The van der Waals surface area contributed by atoms with Gasteiger partial charge >= 0.3 is 11.0 Å². The van der Waals surface area contributed by atoms with Crippen LogP contribution in [0.5, 0.6) is 0 Å². The number of rotatable bonds is 12. The van der Waals surface area contributed by atoms with Crippen LogP contribution in [0.15, 0.2) is 30.6 Å². The van der Waals surface area contributed by atoms with Crippen molar-refractivity contribution >= 4 is 20.0 Å². The summed E-state index contributed by atoms with van der Waals surface area (Å²) in [6.45, 7) is 1.50. The quantitative estimate of drug-likeness (QED) is 0.255. The van der Waals surface area contributed by atoms with Crippen molar-refractivity contribution in [3.63, 3.8) is 0 Å². The van der Waals surface area contributed by atoms with Gasteiger partial charge in [-0.2, -0.15) is 26.3 Å². The van der Waals surface area contributed by atoms with Gasteiger partial charge in [0.25, 0.3) is 0 Å². The molecule has 1 rings (SSSR count). The van der Waals surface area contributed by atoms with E-state index in [9.17, 15) is 43.2 Å². The topological polar surface area (TPSA) is 106 Å². The normalized spacial score (nSPS) is 12.8. The van der Waals surface area contributed by atoms with Crippen LogP contribution in [0.2, 0.25) is 0 Å². The molecule has 0 radical (unpaired) electrons. The largest absolute Gasteiger partial charge is 0.480 e. The maximum absolute atomic E-state index is 11.4. The highest BCUT2D eigenvalue weighted by atomic mass is 32.3. The third-order valence-electron chi connectivity index (χ3n) is 3.88. The molecule has 0 amide bonds. The van der Waals surface area contributed by atoms with E-state index < -0.39 is 31.1 Å². The van der Waals surface area contributed by atoms with Crippen molar-refractivity contribution in [2.24, 2.45) is 0 Å². The molecule has 0 aliphatic rings. The lowest BCUT2D eigenvalue weighted by atomic mass is 10.1. The van der Waals surface area contributed by atoms with E-state index in [1.807, 2.05) is 0 Å². The van der Waals surface area contributed by atoms with Crippen molar-refractivity contribution in [2.75, 3.05) is 6.61 Å². The number of alkyl halides is 6. The number of aromatic nitrogens is 1. The summed E-state index contributed by atoms with van der Waals surface area (Å²) in [7, 11) is -13.4. The van der Waals surface area contributed by atoms with Crippen molar-refractivity contribution in [3.8, 4) is 0 Å². The van der Waals surface area contributed by atoms with Crippen LogP contribution in [0, 0.1) is 0 Å². The molecule has 0 aromatic carbocycles. The first kappa shape index (κ1) is 30.6. The van der Waals surface area contributed by atoms with Gasteiger partial charge < -0.3 is 9.23 Å². The minimum atomic E-state index is -6.72. The minimum absolute atomic E-state index is 0.355. The van der Waals surface area contributed by atoms with Crippen LogP contribution in [0.3, 0.4) is 0 Å². The molecule has 0 spiro atoms. The number of aliphatic hydroxyl groups is 1. The molecule has 15 heteroatoms. The van der Waals surface area contributed by atoms with Gasteiger partial charge in [-0.3, -0.25) is 0 Å². The molecule has 188 valence electrons. The Labute approximate surface area is 183 Å². The lowest BCUT2D eigenvalue weighted by molar-refractivity contribution is -0.697. The Bertz CT molecular complexity index is 802. The molecular weight excluding hydrogens is 490 g/mol. The first-order chi connectivity index (χ1) is 14.6. The number of nitrogens with zero attached hydrogens (tertiary/aromatic N) is 2. The zero-order valence-corrected chi connectivity index (χ0v) is 18.6. The smallest absolute Gasteiger partial charge is 0.421 e. The first-order valence-corrected chi connectivity index (χ1v) is 12.4. The van der Waals surface area contributed by atoms with Crippen LogP contribution < -0.4 is 4.57 Å². The summed E-state index contributed by atoms with van der Waals surface area (Å²) in [4.78, 5) is 0. The van der Waals surface area contributed by atoms with Crippen molar-refractivity contribution in [3.05, 3.63) is 34.7 Å². The molecule has 0 saturated heterocycles. The third-order valence-corrected chi connectivity index (χ3v) is 6.62. The Morgan fingerprint density at radius 1 is 0.656 bits per heavy atom. The summed E-state index contributed by atoms with van der Waals surface area (Å²) in [6, 6.07) is 6.23. The number of aliphatic hydroxyl groups excluding tert-OH is 1. The molecule has 0 saturated carbocycles. The van der Waals surface area contributed by atoms with Crippen LogP contribution in [-0.2, 0) is 26.6 Å². The highest BCUT2D eigenvalue weighted by molar-refractivity contribution is 8.13. The number of hydrogen-bond acceptors (Lipinski definition) is 5. The van der Waals surface area contributed by atoms with E-state index in [4.69, 9.17) is 5.11 Å². The number of aryl methyl sites for hydroxylation is 1. The van der Waals surface area contributed by atoms with E-state index in [1.165, 1.54) is 44.9 Å². The zero-order chi connectivity index (χ0) is 24.9. The Balaban J connectivity index is 0.000000607. The maximum atomic E-state index is 11.4. The molecule has 7 nitrogen and oxygen atoms in total. The summed E-state index contributed by atoms with van der Waals surface area (Å²) >= 11 is 0. The van der Waals surface area contributed by atoms with E-state index >= 15 is 0 Å². The fourth-order valence-corrected chi connectivity index (χ4v) is 3.97. The number of halogens is 6. The number of sulfonamides is 2. The van der Waals surface area contributed by atoms with E-state index in [0.717, 1.165) is 17.1 Å². The molecule has 0 unspecified atom stereocenters. The van der Waals surface area contributed by atoms with E-state index in [2.05, 4.69) is 35.2 Å². The Morgan fingerprint density at radius 3 is 1.41 bits per heavy atom. The van der Waals surface area contributed by atoms with Gasteiger partial charge in [-0.1, -0.05) is 38.2 Å². The molecule has 1 aromatic rings. The summed E-state index contributed by atoms with van der Waals surface area (Å²) in [5.41, 5.74) is -12.4. The lowest BCUT2D eigenvalue weighted by Crippen LogP contribution is -2.32. The SMILES string of the molecule is O=S(=O)([N-]S(=O)(=O)C(F)(F)F)C(F)(F)F.OCCCCCCCCCC[n+]1ccccc1. The second-order valence-corrected chi connectivity index (χ2v) is 10.0. The van der Waals surface area contributed by atoms with Crippen LogP contribution >= 0.6 is 0 Å². The van der Waals surface area contributed by atoms with Gasteiger partial charge in [-0.15, -0.1) is 0 Å². The van der Waals surface area contributed by atoms with Gasteiger partial charge in [-0.25, -0.2) is 21.4 Å². The first-order valence-electron chi connectivity index (χ1n) is 9.56. The van der Waals surface area contributed by atoms with Gasteiger partial charge in [0.05, 0.1) is 0 Å². The highest BCUT2D eigenvalue weighted by Crippen LogP contribution is 2.36. The minimum Gasteiger partial charge on any atom is -0.421 e. The fourth-order valence-electron chi connectivity index (χ4n) is 2.26. The van der Waals surface area contributed by atoms with Crippen molar-refractivity contribution in [2.45, 2.75) is 68.9 Å². The van der Waals surface area contributed by atoms with Crippen molar-refractivity contribution < 1.29 is 52.9 Å². The van der Waals surface area contributed by atoms with Gasteiger partial charge in [0.15, 0.2) is 32.4 Å². The fraction of sp³-hybridized carbons (Fsp3) is 0.706. The van der Waals surface area contributed by atoms with Gasteiger partial charge in [-0.05, 0) is 12.8 Å². The third kappa shape index (κ3) is 12.6. The van der Waals surface area contributed by atoms with Gasteiger partial charge in [0.1, 0.15) is 6.54 Å². The molecule has 0 bridgehead atoms. The molecule has 0 atom stereocenters. The second-order valence-electron chi connectivity index (χ2n) is 6.58. The van der Waals surface area contributed by atoms with E-state index in [1.54, 1.807) is 0 Å². The van der Waals surface area contributed by atoms with E-state index in [-0.39, 0.29) is 0 Å². The highest BCUT2D eigenvalue weighted by Gasteiger charge is 2.46. The zero-order valence-electron chi connectivity index (χ0n) is 17.0. The maximum Gasteiger partial charge on any atom is 0.480 e. The van der Waals surface area contributed by atoms with E-state index in [0.29, 0.717) is 6.61 Å². The van der Waals surface area contributed by atoms with Gasteiger partial charge in [0.2, 0.25) is 0 Å². The Morgan fingerprint density at radius 2 is 1.03 bits per heavy atom. The molecule has 1 N–H and O–H groups in total. The molecule has 32 heavy (non-hydrogen) atoms. The predicted octanol–water partition coefficient (Wildman–Crippen LogP) is 4.15. The van der Waals surface area contributed by atoms with Crippen LogP contribution in [0.25, 0.3) is 4.13 Å². The molecular formula is C17H26F6N2O5S2. The van der Waals surface area contributed by atoms with Crippen LogP contribution in [0.4, 0.5) is 26.3 Å². The molecule has 0 aliphatic carbocycles. The predicted molar refractivity (Wildman–Crippen MR) is 104 cm³/mol. The second kappa shape index (κ2) is 14.0. The Kier molecular flexibility index (Phi) is 13.3.